The van der Waals surface area contributed by atoms with Gasteiger partial charge in [-0.05, 0) is 24.0 Å². The van der Waals surface area contributed by atoms with Gasteiger partial charge in [0.15, 0.2) is 0 Å². The molecule has 0 aliphatic carbocycles. The highest BCUT2D eigenvalue weighted by atomic mass is 32.2. The highest BCUT2D eigenvalue weighted by Crippen LogP contribution is 2.19. The molecule has 1 heterocycles. The van der Waals surface area contributed by atoms with Crippen LogP contribution in [0.2, 0.25) is 0 Å². The quantitative estimate of drug-likeness (QED) is 0.798. The number of nitrogens with zero attached hydrogens (tertiary/aromatic N) is 2. The van der Waals surface area contributed by atoms with E-state index in [1.54, 1.807) is 11.8 Å². The predicted molar refractivity (Wildman–Crippen MR) is 94.5 cm³/mol. The molecule has 0 bridgehead atoms. The average molecular weight is 334 g/mol. The van der Waals surface area contributed by atoms with Crippen molar-refractivity contribution in [3.05, 3.63) is 29.8 Å². The first kappa shape index (κ1) is 17.9. The first-order valence-corrected chi connectivity index (χ1v) is 9.24. The van der Waals surface area contributed by atoms with Crippen LogP contribution in [0.3, 0.4) is 0 Å². The van der Waals surface area contributed by atoms with Gasteiger partial charge in [-0.3, -0.25) is 9.59 Å². The van der Waals surface area contributed by atoms with Crippen LogP contribution in [0.5, 0.6) is 0 Å². The van der Waals surface area contributed by atoms with E-state index in [0.29, 0.717) is 32.6 Å². The summed E-state index contributed by atoms with van der Waals surface area (Å²) in [6, 6.07) is 8.13. The van der Waals surface area contributed by atoms with Crippen LogP contribution in [0.25, 0.3) is 0 Å². The Morgan fingerprint density at radius 1 is 1.00 bits per heavy atom. The number of benzene rings is 1. The van der Waals surface area contributed by atoms with Crippen molar-refractivity contribution in [2.24, 2.45) is 5.41 Å². The van der Waals surface area contributed by atoms with Crippen LogP contribution < -0.4 is 0 Å². The van der Waals surface area contributed by atoms with Gasteiger partial charge in [-0.15, -0.1) is 11.8 Å². The van der Waals surface area contributed by atoms with Crippen LogP contribution in [0.1, 0.15) is 26.3 Å². The number of thioether (sulfide) groups is 1. The van der Waals surface area contributed by atoms with Crippen molar-refractivity contribution >= 4 is 23.6 Å². The topological polar surface area (TPSA) is 40.6 Å². The molecule has 2 rings (SSSR count). The zero-order valence-electron chi connectivity index (χ0n) is 14.5. The SMILES string of the molecule is CSc1ccc(CC(=O)N2CCN(C(=O)C(C)(C)C)CC2)cc1. The summed E-state index contributed by atoms with van der Waals surface area (Å²) in [6.07, 6.45) is 2.47. The number of piperazine rings is 1. The summed E-state index contributed by atoms with van der Waals surface area (Å²) >= 11 is 1.70. The summed E-state index contributed by atoms with van der Waals surface area (Å²) in [5, 5.41) is 0. The van der Waals surface area contributed by atoms with Crippen molar-refractivity contribution in [2.75, 3.05) is 32.4 Å². The normalized spacial score (nSPS) is 15.7. The maximum atomic E-state index is 12.4. The molecule has 1 saturated heterocycles. The van der Waals surface area contributed by atoms with E-state index in [-0.39, 0.29) is 17.2 Å². The summed E-state index contributed by atoms with van der Waals surface area (Å²) in [5.41, 5.74) is 0.687. The largest absolute Gasteiger partial charge is 0.339 e. The Hall–Kier alpha value is -1.49. The van der Waals surface area contributed by atoms with Gasteiger partial charge in [0.05, 0.1) is 6.42 Å². The molecule has 126 valence electrons. The van der Waals surface area contributed by atoms with Crippen LogP contribution in [-0.4, -0.2) is 54.0 Å². The zero-order chi connectivity index (χ0) is 17.0. The third kappa shape index (κ3) is 4.74. The molecule has 1 fully saturated rings. The van der Waals surface area contributed by atoms with Crippen LogP contribution in [0.15, 0.2) is 29.2 Å². The van der Waals surface area contributed by atoms with Crippen LogP contribution in [-0.2, 0) is 16.0 Å². The van der Waals surface area contributed by atoms with Gasteiger partial charge in [0, 0.05) is 36.5 Å². The number of amides is 2. The Labute approximate surface area is 143 Å². The van der Waals surface area contributed by atoms with E-state index < -0.39 is 0 Å². The third-order valence-corrected chi connectivity index (χ3v) is 4.82. The molecule has 0 radical (unpaired) electrons. The summed E-state index contributed by atoms with van der Waals surface area (Å²) in [7, 11) is 0. The lowest BCUT2D eigenvalue weighted by Crippen LogP contribution is -2.53. The summed E-state index contributed by atoms with van der Waals surface area (Å²) in [6.45, 7) is 8.33. The molecule has 0 spiro atoms. The molecular weight excluding hydrogens is 308 g/mol. The van der Waals surface area contributed by atoms with Crippen molar-refractivity contribution in [3.63, 3.8) is 0 Å². The summed E-state index contributed by atoms with van der Waals surface area (Å²) < 4.78 is 0. The van der Waals surface area contributed by atoms with E-state index in [1.807, 2.05) is 61.1 Å². The molecule has 1 aromatic carbocycles. The van der Waals surface area contributed by atoms with Crippen LogP contribution in [0, 0.1) is 5.41 Å². The fourth-order valence-electron chi connectivity index (χ4n) is 2.66. The first-order valence-electron chi connectivity index (χ1n) is 8.01. The average Bonchev–Trinajstić information content (AvgIpc) is 2.54. The van der Waals surface area contributed by atoms with Crippen molar-refractivity contribution in [1.82, 2.24) is 9.80 Å². The fraction of sp³-hybridized carbons (Fsp3) is 0.556. The molecule has 23 heavy (non-hydrogen) atoms. The van der Waals surface area contributed by atoms with E-state index in [0.717, 1.165) is 5.56 Å². The van der Waals surface area contributed by atoms with Gasteiger partial charge in [-0.25, -0.2) is 0 Å². The van der Waals surface area contributed by atoms with Crippen molar-refractivity contribution in [2.45, 2.75) is 32.1 Å². The van der Waals surface area contributed by atoms with E-state index in [2.05, 4.69) is 0 Å². The molecule has 0 unspecified atom stereocenters. The number of carbonyl (C=O) groups is 2. The Balaban J connectivity index is 1.87. The second kappa shape index (κ2) is 7.39. The highest BCUT2D eigenvalue weighted by molar-refractivity contribution is 7.98. The summed E-state index contributed by atoms with van der Waals surface area (Å²) in [4.78, 5) is 29.6. The molecule has 2 amide bonds. The van der Waals surface area contributed by atoms with Gasteiger partial charge < -0.3 is 9.80 Å². The third-order valence-electron chi connectivity index (χ3n) is 4.08. The van der Waals surface area contributed by atoms with Crippen LogP contribution in [0.4, 0.5) is 0 Å². The molecule has 0 aromatic heterocycles. The lowest BCUT2D eigenvalue weighted by atomic mass is 9.94. The van der Waals surface area contributed by atoms with E-state index >= 15 is 0 Å². The molecule has 5 heteroatoms. The standard InChI is InChI=1S/C18H26N2O2S/c1-18(2,3)17(22)20-11-9-19(10-12-20)16(21)13-14-5-7-15(23-4)8-6-14/h5-8H,9-13H2,1-4H3. The van der Waals surface area contributed by atoms with Gasteiger partial charge in [0.1, 0.15) is 0 Å². The number of carbonyl (C=O) groups excluding carboxylic acids is 2. The van der Waals surface area contributed by atoms with Crippen LogP contribution >= 0.6 is 11.8 Å². The molecule has 0 N–H and O–H groups in total. The van der Waals surface area contributed by atoms with Gasteiger partial charge in [-0.1, -0.05) is 32.9 Å². The minimum absolute atomic E-state index is 0.143. The molecular formula is C18H26N2O2S. The molecule has 0 atom stereocenters. The lowest BCUT2D eigenvalue weighted by molar-refractivity contribution is -0.144. The summed E-state index contributed by atoms with van der Waals surface area (Å²) in [5.74, 6) is 0.307. The molecule has 4 nitrogen and oxygen atoms in total. The van der Waals surface area contributed by atoms with Gasteiger partial charge in [0.2, 0.25) is 11.8 Å². The van der Waals surface area contributed by atoms with Gasteiger partial charge >= 0.3 is 0 Å². The molecule has 1 aliphatic rings. The Bertz CT molecular complexity index is 555. The maximum Gasteiger partial charge on any atom is 0.228 e. The molecule has 1 aromatic rings. The van der Waals surface area contributed by atoms with E-state index in [4.69, 9.17) is 0 Å². The Morgan fingerprint density at radius 2 is 1.52 bits per heavy atom. The van der Waals surface area contributed by atoms with Gasteiger partial charge in [-0.2, -0.15) is 0 Å². The number of hydrogen-bond acceptors (Lipinski definition) is 3. The molecule has 1 aliphatic heterocycles. The smallest absolute Gasteiger partial charge is 0.228 e. The second-order valence-corrected chi connectivity index (χ2v) is 7.83. The Kier molecular flexibility index (Phi) is 5.74. The zero-order valence-corrected chi connectivity index (χ0v) is 15.3. The molecule has 0 saturated carbocycles. The first-order chi connectivity index (χ1) is 10.8. The lowest BCUT2D eigenvalue weighted by Gasteiger charge is -2.37. The number of hydrogen-bond donors (Lipinski definition) is 0. The van der Waals surface area contributed by atoms with Crippen molar-refractivity contribution < 1.29 is 9.59 Å². The monoisotopic (exact) mass is 334 g/mol. The number of rotatable bonds is 3. The highest BCUT2D eigenvalue weighted by Gasteiger charge is 2.30. The van der Waals surface area contributed by atoms with Crippen molar-refractivity contribution in [3.8, 4) is 0 Å². The van der Waals surface area contributed by atoms with Crippen molar-refractivity contribution in [1.29, 1.82) is 0 Å². The fourth-order valence-corrected chi connectivity index (χ4v) is 3.07. The predicted octanol–water partition coefficient (Wildman–Crippen LogP) is 2.67. The Morgan fingerprint density at radius 3 is 2.00 bits per heavy atom. The van der Waals surface area contributed by atoms with E-state index in [9.17, 15) is 9.59 Å². The van der Waals surface area contributed by atoms with E-state index in [1.165, 1.54) is 4.90 Å². The minimum Gasteiger partial charge on any atom is -0.339 e. The second-order valence-electron chi connectivity index (χ2n) is 6.95. The maximum absolute atomic E-state index is 12.4. The van der Waals surface area contributed by atoms with Gasteiger partial charge in [0.25, 0.3) is 0 Å². The minimum atomic E-state index is -0.356.